The molecule has 2 aromatic rings. The number of hydrogen-bond donors (Lipinski definition) is 3. The van der Waals surface area contributed by atoms with Crippen LogP contribution in [-0.4, -0.2) is 29.3 Å². The molecule has 1 aromatic heterocycles. The summed E-state index contributed by atoms with van der Waals surface area (Å²) in [5, 5.41) is 9.27. The van der Waals surface area contributed by atoms with Crippen molar-refractivity contribution >= 4 is 11.6 Å². The van der Waals surface area contributed by atoms with Crippen LogP contribution in [0.1, 0.15) is 16.1 Å². The molecule has 1 aromatic carbocycles. The van der Waals surface area contributed by atoms with Crippen LogP contribution >= 0.6 is 0 Å². The first-order chi connectivity index (χ1) is 9.16. The third kappa shape index (κ3) is 3.48. The van der Waals surface area contributed by atoms with E-state index in [9.17, 15) is 4.79 Å². The Bertz CT molecular complexity index is 548. The maximum Gasteiger partial charge on any atom is 0.254 e. The molecule has 0 bridgehead atoms. The number of carbonyl (C=O) groups excluding carboxylic acids is 1. The summed E-state index contributed by atoms with van der Waals surface area (Å²) in [5.74, 6) is 0.565. The Kier molecular flexibility index (Phi) is 4.02. The summed E-state index contributed by atoms with van der Waals surface area (Å²) < 4.78 is 5.47. The van der Waals surface area contributed by atoms with E-state index in [1.165, 1.54) is 6.20 Å². The predicted molar refractivity (Wildman–Crippen MR) is 72.0 cm³/mol. The average molecular weight is 260 g/mol. The highest BCUT2D eigenvalue weighted by Crippen LogP contribution is 2.12. The van der Waals surface area contributed by atoms with Crippen LogP contribution in [0.5, 0.6) is 5.75 Å². The molecule has 0 atom stereocenters. The number of carbonyl (C=O) groups is 1. The first kappa shape index (κ1) is 12.9. The van der Waals surface area contributed by atoms with Crippen molar-refractivity contribution in [1.29, 1.82) is 0 Å². The second-order valence-electron chi connectivity index (χ2n) is 4.08. The van der Waals surface area contributed by atoms with Crippen LogP contribution in [-0.2, 0) is 0 Å². The molecule has 100 valence electrons. The highest BCUT2D eigenvalue weighted by atomic mass is 16.5. The Morgan fingerprint density at radius 2 is 2.16 bits per heavy atom. The third-order valence-corrected chi connectivity index (χ3v) is 2.61. The maximum absolute atomic E-state index is 11.7. The van der Waals surface area contributed by atoms with Gasteiger partial charge in [0.05, 0.1) is 18.3 Å². The van der Waals surface area contributed by atoms with Crippen molar-refractivity contribution in [3.8, 4) is 5.75 Å². The van der Waals surface area contributed by atoms with Crippen molar-refractivity contribution < 1.29 is 9.53 Å². The smallest absolute Gasteiger partial charge is 0.254 e. The quantitative estimate of drug-likeness (QED) is 0.554. The van der Waals surface area contributed by atoms with Crippen molar-refractivity contribution in [3.05, 3.63) is 41.7 Å². The van der Waals surface area contributed by atoms with Gasteiger partial charge in [-0.15, -0.1) is 0 Å². The standard InChI is InChI=1S/C13H16N4O2/c1-9-12(8-16-17-9)13(18)15-6-7-19-11-4-2-10(14)3-5-11/h2-5,8H,6-7,14H2,1H3,(H,15,18)(H,16,17). The molecule has 0 unspecified atom stereocenters. The molecule has 19 heavy (non-hydrogen) atoms. The monoisotopic (exact) mass is 260 g/mol. The number of anilines is 1. The van der Waals surface area contributed by atoms with E-state index >= 15 is 0 Å². The first-order valence-corrected chi connectivity index (χ1v) is 5.93. The van der Waals surface area contributed by atoms with Gasteiger partial charge in [0.1, 0.15) is 12.4 Å². The zero-order chi connectivity index (χ0) is 13.7. The molecule has 4 N–H and O–H groups in total. The molecular weight excluding hydrogens is 244 g/mol. The van der Waals surface area contributed by atoms with Gasteiger partial charge in [-0.3, -0.25) is 9.89 Å². The molecule has 2 rings (SSSR count). The normalized spacial score (nSPS) is 10.2. The lowest BCUT2D eigenvalue weighted by Crippen LogP contribution is -2.28. The summed E-state index contributed by atoms with van der Waals surface area (Å²) in [5.41, 5.74) is 7.55. The molecule has 0 aliphatic carbocycles. The number of nitrogens with two attached hydrogens (primary N) is 1. The molecule has 0 saturated heterocycles. The lowest BCUT2D eigenvalue weighted by atomic mass is 10.2. The van der Waals surface area contributed by atoms with E-state index in [2.05, 4.69) is 15.5 Å². The van der Waals surface area contributed by atoms with E-state index in [0.717, 1.165) is 11.4 Å². The van der Waals surface area contributed by atoms with Gasteiger partial charge < -0.3 is 15.8 Å². The van der Waals surface area contributed by atoms with Gasteiger partial charge in [-0.25, -0.2) is 0 Å². The minimum Gasteiger partial charge on any atom is -0.492 e. The van der Waals surface area contributed by atoms with E-state index in [0.29, 0.717) is 24.4 Å². The summed E-state index contributed by atoms with van der Waals surface area (Å²) in [7, 11) is 0. The van der Waals surface area contributed by atoms with E-state index in [1.807, 2.05) is 0 Å². The number of nitrogens with zero attached hydrogens (tertiary/aromatic N) is 1. The van der Waals surface area contributed by atoms with Gasteiger partial charge in [-0.05, 0) is 31.2 Å². The van der Waals surface area contributed by atoms with Crippen LogP contribution in [0.25, 0.3) is 0 Å². The Morgan fingerprint density at radius 1 is 1.42 bits per heavy atom. The van der Waals surface area contributed by atoms with E-state index < -0.39 is 0 Å². The second kappa shape index (κ2) is 5.90. The summed E-state index contributed by atoms with van der Waals surface area (Å²) in [6.45, 7) is 2.62. The summed E-state index contributed by atoms with van der Waals surface area (Å²) in [6.07, 6.45) is 1.51. The number of aromatic amines is 1. The largest absolute Gasteiger partial charge is 0.492 e. The van der Waals surface area contributed by atoms with E-state index in [4.69, 9.17) is 10.5 Å². The number of rotatable bonds is 5. The molecule has 1 amide bonds. The van der Waals surface area contributed by atoms with Crippen molar-refractivity contribution in [2.45, 2.75) is 6.92 Å². The number of hydrogen-bond acceptors (Lipinski definition) is 4. The molecule has 0 aliphatic rings. The number of aromatic nitrogens is 2. The minimum absolute atomic E-state index is 0.160. The molecule has 6 nitrogen and oxygen atoms in total. The Balaban J connectivity index is 1.74. The summed E-state index contributed by atoms with van der Waals surface area (Å²) in [6, 6.07) is 7.11. The highest BCUT2D eigenvalue weighted by Gasteiger charge is 2.09. The summed E-state index contributed by atoms with van der Waals surface area (Å²) in [4.78, 5) is 11.7. The topological polar surface area (TPSA) is 93.0 Å². The molecule has 0 fully saturated rings. The van der Waals surface area contributed by atoms with Gasteiger partial charge in [0.25, 0.3) is 5.91 Å². The van der Waals surface area contributed by atoms with Crippen LogP contribution < -0.4 is 15.8 Å². The maximum atomic E-state index is 11.7. The van der Waals surface area contributed by atoms with Crippen LogP contribution in [0.15, 0.2) is 30.5 Å². The van der Waals surface area contributed by atoms with Crippen LogP contribution in [0, 0.1) is 6.92 Å². The summed E-state index contributed by atoms with van der Waals surface area (Å²) >= 11 is 0. The van der Waals surface area contributed by atoms with Crippen molar-refractivity contribution in [3.63, 3.8) is 0 Å². The molecule has 0 spiro atoms. The Labute approximate surface area is 111 Å². The Morgan fingerprint density at radius 3 is 2.79 bits per heavy atom. The zero-order valence-corrected chi connectivity index (χ0v) is 10.6. The fourth-order valence-corrected chi connectivity index (χ4v) is 1.57. The lowest BCUT2D eigenvalue weighted by Gasteiger charge is -2.07. The molecular formula is C13H16N4O2. The molecule has 0 radical (unpaired) electrons. The third-order valence-electron chi connectivity index (χ3n) is 2.61. The number of ether oxygens (including phenoxy) is 1. The van der Waals surface area contributed by atoms with Gasteiger partial charge in [0.15, 0.2) is 0 Å². The SMILES string of the molecule is Cc1[nH]ncc1C(=O)NCCOc1ccc(N)cc1. The van der Waals surface area contributed by atoms with Gasteiger partial charge >= 0.3 is 0 Å². The van der Waals surface area contributed by atoms with Crippen molar-refractivity contribution in [1.82, 2.24) is 15.5 Å². The number of H-pyrrole nitrogens is 1. The van der Waals surface area contributed by atoms with Crippen LogP contribution in [0.2, 0.25) is 0 Å². The molecule has 0 aliphatic heterocycles. The zero-order valence-electron chi connectivity index (χ0n) is 10.6. The van der Waals surface area contributed by atoms with E-state index in [1.54, 1.807) is 31.2 Å². The fourth-order valence-electron chi connectivity index (χ4n) is 1.57. The fraction of sp³-hybridized carbons (Fsp3) is 0.231. The van der Waals surface area contributed by atoms with E-state index in [-0.39, 0.29) is 5.91 Å². The van der Waals surface area contributed by atoms with Gasteiger partial charge in [-0.1, -0.05) is 0 Å². The number of amides is 1. The average Bonchev–Trinajstić information content (AvgIpc) is 2.83. The van der Waals surface area contributed by atoms with Gasteiger partial charge in [-0.2, -0.15) is 5.10 Å². The first-order valence-electron chi connectivity index (χ1n) is 5.93. The van der Waals surface area contributed by atoms with Crippen molar-refractivity contribution in [2.75, 3.05) is 18.9 Å². The van der Waals surface area contributed by atoms with Crippen LogP contribution in [0.3, 0.4) is 0 Å². The minimum atomic E-state index is -0.160. The number of nitrogens with one attached hydrogen (secondary N) is 2. The molecule has 6 heteroatoms. The highest BCUT2D eigenvalue weighted by molar-refractivity contribution is 5.94. The number of benzene rings is 1. The second-order valence-corrected chi connectivity index (χ2v) is 4.08. The Hall–Kier alpha value is -2.50. The number of aryl methyl sites for hydroxylation is 1. The predicted octanol–water partition coefficient (Wildman–Crippen LogP) is 1.11. The van der Waals surface area contributed by atoms with Gasteiger partial charge in [0.2, 0.25) is 0 Å². The lowest BCUT2D eigenvalue weighted by molar-refractivity contribution is 0.0946. The van der Waals surface area contributed by atoms with Gasteiger partial charge in [0, 0.05) is 11.4 Å². The molecule has 0 saturated carbocycles. The number of nitrogen functional groups attached to an aromatic ring is 1. The van der Waals surface area contributed by atoms with Crippen molar-refractivity contribution in [2.24, 2.45) is 0 Å². The van der Waals surface area contributed by atoms with Crippen LogP contribution in [0.4, 0.5) is 5.69 Å². The molecule has 1 heterocycles.